The first-order valence-corrected chi connectivity index (χ1v) is 7.70. The van der Waals surface area contributed by atoms with Crippen LogP contribution >= 0.6 is 11.6 Å². The molecule has 2 rings (SSSR count). The summed E-state index contributed by atoms with van der Waals surface area (Å²) in [5.41, 5.74) is 7.26. The average Bonchev–Trinajstić information content (AvgIpc) is 2.75. The molecule has 0 amide bonds. The maximum atomic E-state index is 5.97. The molecule has 1 fully saturated rings. The van der Waals surface area contributed by atoms with Crippen molar-refractivity contribution in [3.05, 3.63) is 34.9 Å². The van der Waals surface area contributed by atoms with Crippen molar-refractivity contribution in [2.45, 2.75) is 26.8 Å². The third kappa shape index (κ3) is 3.95. The molecule has 0 aromatic heterocycles. The Labute approximate surface area is 122 Å². The van der Waals surface area contributed by atoms with Crippen molar-refractivity contribution in [3.63, 3.8) is 0 Å². The van der Waals surface area contributed by atoms with E-state index in [1.165, 1.54) is 36.1 Å². The predicted octanol–water partition coefficient (Wildman–Crippen LogP) is 3.29. The summed E-state index contributed by atoms with van der Waals surface area (Å²) in [6.45, 7) is 10.3. The van der Waals surface area contributed by atoms with Crippen molar-refractivity contribution in [2.24, 2.45) is 17.6 Å². The number of quaternary nitrogens is 1. The van der Waals surface area contributed by atoms with Crippen molar-refractivity contribution in [2.75, 3.05) is 26.2 Å². The summed E-state index contributed by atoms with van der Waals surface area (Å²) in [5, 5.41) is 0.820. The van der Waals surface area contributed by atoms with Gasteiger partial charge < -0.3 is 10.2 Å². The van der Waals surface area contributed by atoms with E-state index in [0.717, 1.165) is 24.0 Å². The lowest BCUT2D eigenvalue weighted by molar-refractivity contribution is -0.933. The number of likely N-dealkylation sites (tertiary alicyclic amines) is 1. The predicted molar refractivity (Wildman–Crippen MR) is 82.0 cm³/mol. The number of nitrogens with two attached hydrogens (primary N) is 1. The summed E-state index contributed by atoms with van der Waals surface area (Å²) >= 11 is 5.97. The van der Waals surface area contributed by atoms with Gasteiger partial charge in [0.05, 0.1) is 19.6 Å². The van der Waals surface area contributed by atoms with Crippen LogP contribution < -0.4 is 5.73 Å². The fourth-order valence-corrected chi connectivity index (χ4v) is 3.63. The topological polar surface area (TPSA) is 26.0 Å². The molecule has 1 aliphatic heterocycles. The molecule has 0 spiro atoms. The second kappa shape index (κ2) is 6.25. The average molecular weight is 282 g/mol. The second-order valence-corrected chi connectivity index (χ2v) is 6.94. The molecular formula is C16H26ClN2+. The molecule has 1 aromatic rings. The molecular weight excluding hydrogens is 256 g/mol. The minimum absolute atomic E-state index is 0.700. The molecule has 2 nitrogen and oxygen atoms in total. The van der Waals surface area contributed by atoms with E-state index in [0.29, 0.717) is 5.92 Å². The maximum absolute atomic E-state index is 5.97. The molecule has 2 atom stereocenters. The molecule has 3 heteroatoms. The van der Waals surface area contributed by atoms with E-state index >= 15 is 0 Å². The smallest absolute Gasteiger partial charge is 0.104 e. The minimum atomic E-state index is 0.700. The third-order valence-corrected chi connectivity index (χ3v) is 4.43. The summed E-state index contributed by atoms with van der Waals surface area (Å²) < 4.78 is 1.20. The zero-order chi connectivity index (χ0) is 13.9. The lowest BCUT2D eigenvalue weighted by atomic mass is 10.1. The van der Waals surface area contributed by atoms with Crippen molar-refractivity contribution in [1.82, 2.24) is 0 Å². The largest absolute Gasteiger partial charge is 0.330 e. The van der Waals surface area contributed by atoms with Crippen molar-refractivity contribution >= 4 is 11.6 Å². The minimum Gasteiger partial charge on any atom is -0.330 e. The van der Waals surface area contributed by atoms with Crippen LogP contribution in [0.3, 0.4) is 0 Å². The second-order valence-electron chi connectivity index (χ2n) is 6.50. The van der Waals surface area contributed by atoms with Gasteiger partial charge in [0, 0.05) is 35.4 Å². The van der Waals surface area contributed by atoms with E-state index in [4.69, 9.17) is 17.3 Å². The highest BCUT2D eigenvalue weighted by molar-refractivity contribution is 6.30. The molecule has 2 N–H and O–H groups in total. The summed E-state index contributed by atoms with van der Waals surface area (Å²) in [6, 6.07) is 8.33. The Hall–Kier alpha value is -0.570. The molecule has 1 aliphatic rings. The van der Waals surface area contributed by atoms with Crippen LogP contribution in [-0.2, 0) is 6.54 Å². The summed E-state index contributed by atoms with van der Waals surface area (Å²) in [7, 11) is 0. The van der Waals surface area contributed by atoms with Crippen LogP contribution in [0.2, 0.25) is 5.02 Å². The van der Waals surface area contributed by atoms with Gasteiger partial charge in [-0.05, 0) is 12.1 Å². The number of hydrogen-bond donors (Lipinski definition) is 1. The molecule has 0 radical (unpaired) electrons. The van der Waals surface area contributed by atoms with Gasteiger partial charge in [-0.1, -0.05) is 37.6 Å². The van der Waals surface area contributed by atoms with Crippen LogP contribution in [0.15, 0.2) is 24.3 Å². The Morgan fingerprint density at radius 1 is 1.32 bits per heavy atom. The first kappa shape index (κ1) is 14.8. The van der Waals surface area contributed by atoms with Crippen molar-refractivity contribution < 1.29 is 4.48 Å². The zero-order valence-corrected chi connectivity index (χ0v) is 12.9. The van der Waals surface area contributed by atoms with Gasteiger partial charge in [-0.15, -0.1) is 0 Å². The van der Waals surface area contributed by atoms with Crippen LogP contribution in [0.4, 0.5) is 0 Å². The lowest BCUT2D eigenvalue weighted by Gasteiger charge is -2.36. The first-order chi connectivity index (χ1) is 9.03. The van der Waals surface area contributed by atoms with E-state index < -0.39 is 0 Å². The Balaban J connectivity index is 2.12. The van der Waals surface area contributed by atoms with Gasteiger partial charge >= 0.3 is 0 Å². The van der Waals surface area contributed by atoms with E-state index in [9.17, 15) is 0 Å². The van der Waals surface area contributed by atoms with Crippen LogP contribution in [-0.4, -0.2) is 30.7 Å². The Kier molecular flexibility index (Phi) is 4.88. The normalized spacial score (nSPS) is 27.1. The monoisotopic (exact) mass is 281 g/mol. The summed E-state index contributed by atoms with van der Waals surface area (Å²) in [4.78, 5) is 0. The highest BCUT2D eigenvalue weighted by Gasteiger charge is 2.37. The van der Waals surface area contributed by atoms with Crippen LogP contribution in [0.1, 0.15) is 25.8 Å². The van der Waals surface area contributed by atoms with Gasteiger partial charge in [0.1, 0.15) is 6.54 Å². The van der Waals surface area contributed by atoms with Crippen LogP contribution in [0, 0.1) is 11.8 Å². The Morgan fingerprint density at radius 3 is 2.53 bits per heavy atom. The number of benzene rings is 1. The van der Waals surface area contributed by atoms with Gasteiger partial charge in [0.2, 0.25) is 0 Å². The quantitative estimate of drug-likeness (QED) is 0.824. The van der Waals surface area contributed by atoms with Gasteiger partial charge in [0.15, 0.2) is 0 Å². The lowest BCUT2D eigenvalue weighted by Crippen LogP contribution is -2.48. The molecule has 0 aliphatic carbocycles. The fourth-order valence-electron chi connectivity index (χ4n) is 3.50. The number of nitrogens with zero attached hydrogens (tertiary/aromatic N) is 1. The van der Waals surface area contributed by atoms with Crippen molar-refractivity contribution in [3.8, 4) is 0 Å². The highest BCUT2D eigenvalue weighted by atomic mass is 35.5. The molecule has 0 saturated carbocycles. The SMILES string of the molecule is CC(C)C[N+]1(Cc2ccc(Cl)cc2)CC[C@@H](CN)C1. The molecule has 0 bridgehead atoms. The zero-order valence-electron chi connectivity index (χ0n) is 12.1. The van der Waals surface area contributed by atoms with Gasteiger partial charge in [-0.3, -0.25) is 0 Å². The molecule has 1 aromatic carbocycles. The van der Waals surface area contributed by atoms with Gasteiger partial charge in [-0.25, -0.2) is 0 Å². The standard InChI is InChI=1S/C16H26ClN2/c1-13(2)10-19(8-7-15(9-18)12-19)11-14-3-5-16(17)6-4-14/h3-6,13,15H,7-12,18H2,1-2H3/q+1/t15-,19?/m0/s1. The van der Waals surface area contributed by atoms with E-state index in [1.54, 1.807) is 0 Å². The number of rotatable bonds is 5. The van der Waals surface area contributed by atoms with Crippen molar-refractivity contribution in [1.29, 1.82) is 0 Å². The summed E-state index contributed by atoms with van der Waals surface area (Å²) in [6.07, 6.45) is 1.27. The highest BCUT2D eigenvalue weighted by Crippen LogP contribution is 2.29. The molecule has 19 heavy (non-hydrogen) atoms. The Morgan fingerprint density at radius 2 is 2.00 bits per heavy atom. The number of hydrogen-bond acceptors (Lipinski definition) is 1. The van der Waals surface area contributed by atoms with E-state index in [2.05, 4.69) is 26.0 Å². The van der Waals surface area contributed by atoms with Crippen LogP contribution in [0.5, 0.6) is 0 Å². The molecule has 1 saturated heterocycles. The molecule has 1 heterocycles. The van der Waals surface area contributed by atoms with E-state index in [1.807, 2.05) is 12.1 Å². The Bertz CT molecular complexity index is 402. The fraction of sp³-hybridized carbons (Fsp3) is 0.625. The van der Waals surface area contributed by atoms with E-state index in [-0.39, 0.29) is 0 Å². The van der Waals surface area contributed by atoms with Gasteiger partial charge in [-0.2, -0.15) is 0 Å². The summed E-state index contributed by atoms with van der Waals surface area (Å²) in [5.74, 6) is 1.43. The van der Waals surface area contributed by atoms with Crippen LogP contribution in [0.25, 0.3) is 0 Å². The first-order valence-electron chi connectivity index (χ1n) is 7.32. The maximum Gasteiger partial charge on any atom is 0.104 e. The molecule has 1 unspecified atom stereocenters. The molecule has 106 valence electrons. The van der Waals surface area contributed by atoms with Gasteiger partial charge in [0.25, 0.3) is 0 Å². The third-order valence-electron chi connectivity index (χ3n) is 4.17. The number of halogens is 1.